The molecule has 0 N–H and O–H groups in total. The molecule has 60 valence electrons. The summed E-state index contributed by atoms with van der Waals surface area (Å²) in [7, 11) is 0. The van der Waals surface area contributed by atoms with Crippen LogP contribution >= 0.6 is 0 Å². The van der Waals surface area contributed by atoms with Crippen molar-refractivity contribution >= 4 is 0 Å². The smallest absolute Gasteiger partial charge is 0.454 e. The van der Waals surface area contributed by atoms with Crippen molar-refractivity contribution in [1.82, 2.24) is 9.55 Å². The van der Waals surface area contributed by atoms with Crippen molar-refractivity contribution in [3.8, 4) is 0 Å². The molecule has 1 heterocycles. The molecule has 0 amide bonds. The van der Waals surface area contributed by atoms with E-state index in [2.05, 4.69) is 18.2 Å². The predicted octanol–water partition coefficient (Wildman–Crippen LogP) is 1.48. The Morgan fingerprint density at radius 2 is 2.40 bits per heavy atom. The van der Waals surface area contributed by atoms with Crippen LogP contribution in [0.3, 0.4) is 0 Å². The third-order valence-corrected chi connectivity index (χ3v) is 1.26. The molecule has 2 nitrogen and oxygen atoms in total. The normalized spacial score (nSPS) is 8.90. The van der Waals surface area contributed by atoms with E-state index in [1.807, 2.05) is 10.8 Å². The van der Waals surface area contributed by atoms with Gasteiger partial charge in [-0.15, -0.1) is 12.4 Å². The predicted molar refractivity (Wildman–Crippen MR) is 36.0 cm³/mol. The first-order chi connectivity index (χ1) is 4.43. The van der Waals surface area contributed by atoms with Crippen LogP contribution in [0.15, 0.2) is 12.4 Å². The number of unbranched alkanes of at least 4 members (excludes halogenated alkanes) is 1. The first-order valence-corrected chi connectivity index (χ1v) is 3.32. The van der Waals surface area contributed by atoms with Crippen LogP contribution in [-0.4, -0.2) is 9.55 Å². The van der Waals surface area contributed by atoms with Crippen LogP contribution in [0, 0.1) is 6.33 Å². The molecular weight excluding hydrogens is 176 g/mol. The number of rotatable bonds is 3. The molecule has 1 rings (SSSR count). The zero-order valence-electron chi connectivity index (χ0n) is 5.97. The SMILES string of the molecule is CCCCn1[c-]ncc1.[Cu+]. The minimum absolute atomic E-state index is 0. The van der Waals surface area contributed by atoms with E-state index in [1.54, 1.807) is 6.20 Å². The van der Waals surface area contributed by atoms with E-state index in [4.69, 9.17) is 0 Å². The summed E-state index contributed by atoms with van der Waals surface area (Å²) in [5, 5.41) is 0. The van der Waals surface area contributed by atoms with E-state index in [1.165, 1.54) is 12.8 Å². The topological polar surface area (TPSA) is 17.8 Å². The minimum atomic E-state index is 0. The average molecular weight is 187 g/mol. The molecule has 0 aliphatic rings. The van der Waals surface area contributed by atoms with E-state index < -0.39 is 0 Å². The molecule has 3 heteroatoms. The number of hydrogen-bond donors (Lipinski definition) is 0. The Balaban J connectivity index is 0.000000810. The molecule has 0 spiro atoms. The Bertz CT molecular complexity index is 149. The van der Waals surface area contributed by atoms with Crippen molar-refractivity contribution in [2.75, 3.05) is 0 Å². The van der Waals surface area contributed by atoms with Gasteiger partial charge in [0.15, 0.2) is 0 Å². The molecule has 1 aromatic heterocycles. The molecule has 0 radical (unpaired) electrons. The molecule has 0 aliphatic heterocycles. The van der Waals surface area contributed by atoms with Crippen LogP contribution < -0.4 is 0 Å². The molecule has 0 saturated carbocycles. The molecular formula is C7H11CuN2. The van der Waals surface area contributed by atoms with Crippen LogP contribution in [0.5, 0.6) is 0 Å². The molecule has 1 aromatic rings. The van der Waals surface area contributed by atoms with Crippen molar-refractivity contribution in [2.24, 2.45) is 0 Å². The van der Waals surface area contributed by atoms with E-state index in [-0.39, 0.29) is 17.1 Å². The van der Waals surface area contributed by atoms with Gasteiger partial charge in [-0.05, 0) is 13.0 Å². The van der Waals surface area contributed by atoms with Gasteiger partial charge in [-0.1, -0.05) is 13.3 Å². The van der Waals surface area contributed by atoms with Crippen LogP contribution in [-0.2, 0) is 23.6 Å². The number of nitrogens with zero attached hydrogens (tertiary/aromatic N) is 2. The van der Waals surface area contributed by atoms with E-state index in [9.17, 15) is 0 Å². The standard InChI is InChI=1S/C7H11N2.Cu/c1-2-3-5-9-6-4-8-7-9;/h4,6H,2-3,5H2,1H3;/q-1;+1. The molecule has 0 atom stereocenters. The second-order valence-corrected chi connectivity index (χ2v) is 2.07. The van der Waals surface area contributed by atoms with Gasteiger partial charge in [-0.2, -0.15) is 0 Å². The number of aryl methyl sites for hydroxylation is 1. The second-order valence-electron chi connectivity index (χ2n) is 2.07. The molecule has 0 bridgehead atoms. The number of aromatic nitrogens is 2. The van der Waals surface area contributed by atoms with Crippen molar-refractivity contribution in [1.29, 1.82) is 0 Å². The summed E-state index contributed by atoms with van der Waals surface area (Å²) in [6.45, 7) is 3.23. The maximum Gasteiger partial charge on any atom is 1.00 e. The van der Waals surface area contributed by atoms with Gasteiger partial charge in [0.1, 0.15) is 0 Å². The molecule has 10 heavy (non-hydrogen) atoms. The minimum Gasteiger partial charge on any atom is -0.454 e. The number of hydrogen-bond acceptors (Lipinski definition) is 1. The summed E-state index contributed by atoms with van der Waals surface area (Å²) in [6.07, 6.45) is 8.98. The fourth-order valence-corrected chi connectivity index (χ4v) is 0.708. The van der Waals surface area contributed by atoms with Crippen LogP contribution in [0.2, 0.25) is 0 Å². The van der Waals surface area contributed by atoms with Crippen molar-refractivity contribution in [3.63, 3.8) is 0 Å². The van der Waals surface area contributed by atoms with Gasteiger partial charge in [0.05, 0.1) is 0 Å². The van der Waals surface area contributed by atoms with Crippen molar-refractivity contribution in [3.05, 3.63) is 18.7 Å². The van der Waals surface area contributed by atoms with Crippen LogP contribution in [0.4, 0.5) is 0 Å². The summed E-state index contributed by atoms with van der Waals surface area (Å²) in [6, 6.07) is 0. The van der Waals surface area contributed by atoms with Gasteiger partial charge in [0.25, 0.3) is 0 Å². The van der Waals surface area contributed by atoms with Crippen molar-refractivity contribution < 1.29 is 17.1 Å². The van der Waals surface area contributed by atoms with Gasteiger partial charge >= 0.3 is 17.1 Å². The summed E-state index contributed by atoms with van der Waals surface area (Å²) in [5.41, 5.74) is 0. The first-order valence-electron chi connectivity index (χ1n) is 3.32. The van der Waals surface area contributed by atoms with Gasteiger partial charge in [-0.25, -0.2) is 0 Å². The maximum absolute atomic E-state index is 3.81. The van der Waals surface area contributed by atoms with E-state index in [0.29, 0.717) is 0 Å². The Hall–Kier alpha value is -0.271. The first kappa shape index (κ1) is 9.73. The zero-order chi connectivity index (χ0) is 6.53. The van der Waals surface area contributed by atoms with Crippen molar-refractivity contribution in [2.45, 2.75) is 26.3 Å². The third kappa shape index (κ3) is 3.04. The Kier molecular flexibility index (Phi) is 5.36. The summed E-state index contributed by atoms with van der Waals surface area (Å²) < 4.78 is 1.98. The molecule has 0 unspecified atom stereocenters. The molecule has 0 fully saturated rings. The molecule has 0 aromatic carbocycles. The van der Waals surface area contributed by atoms with E-state index in [0.717, 1.165) is 6.54 Å². The van der Waals surface area contributed by atoms with Crippen LogP contribution in [0.25, 0.3) is 0 Å². The molecule has 0 saturated heterocycles. The average Bonchev–Trinajstić information content (AvgIpc) is 2.34. The van der Waals surface area contributed by atoms with Gasteiger partial charge < -0.3 is 9.55 Å². The van der Waals surface area contributed by atoms with Gasteiger partial charge in [-0.3, -0.25) is 0 Å². The molecule has 0 aliphatic carbocycles. The largest absolute Gasteiger partial charge is 1.00 e. The Labute approximate surface area is 72.1 Å². The fourth-order valence-electron chi connectivity index (χ4n) is 0.708. The third-order valence-electron chi connectivity index (χ3n) is 1.26. The number of imidazole rings is 1. The van der Waals surface area contributed by atoms with Gasteiger partial charge in [0.2, 0.25) is 0 Å². The Morgan fingerprint density at radius 1 is 1.60 bits per heavy atom. The summed E-state index contributed by atoms with van der Waals surface area (Å²) in [4.78, 5) is 3.81. The second kappa shape index (κ2) is 5.51. The van der Waals surface area contributed by atoms with Crippen LogP contribution in [0.1, 0.15) is 19.8 Å². The monoisotopic (exact) mass is 186 g/mol. The summed E-state index contributed by atoms with van der Waals surface area (Å²) >= 11 is 0. The maximum atomic E-state index is 3.81. The van der Waals surface area contributed by atoms with Gasteiger partial charge in [0, 0.05) is 6.33 Å². The fraction of sp³-hybridized carbons (Fsp3) is 0.571. The van der Waals surface area contributed by atoms with E-state index >= 15 is 0 Å². The summed E-state index contributed by atoms with van der Waals surface area (Å²) in [5.74, 6) is 0. The Morgan fingerprint density at radius 3 is 2.90 bits per heavy atom. The zero-order valence-corrected chi connectivity index (χ0v) is 6.91. The quantitative estimate of drug-likeness (QED) is 0.517.